The second kappa shape index (κ2) is 3.60. The molecule has 0 rings (SSSR count). The van der Waals surface area contributed by atoms with Gasteiger partial charge in [-0.15, -0.1) is 0 Å². The first-order chi connectivity index (χ1) is 4.95. The van der Waals surface area contributed by atoms with Crippen molar-refractivity contribution >= 4 is 12.0 Å². The molecule has 0 aromatic carbocycles. The molecule has 11 heavy (non-hydrogen) atoms. The smallest absolute Gasteiger partial charge is 0.405 e. The Kier molecular flexibility index (Phi) is 3.10. The van der Waals surface area contributed by atoms with E-state index in [4.69, 9.17) is 0 Å². The van der Waals surface area contributed by atoms with Crippen molar-refractivity contribution in [3.8, 4) is 0 Å². The van der Waals surface area contributed by atoms with Crippen LogP contribution in [0.1, 0.15) is 0 Å². The lowest BCUT2D eigenvalue weighted by atomic mass is 10.5. The number of ether oxygens (including phenoxy) is 1. The molecule has 0 atom stereocenters. The molecule has 62 valence electrons. The Bertz CT molecular complexity index is 198. The van der Waals surface area contributed by atoms with E-state index in [0.717, 1.165) is 0 Å². The highest BCUT2D eigenvalue weighted by molar-refractivity contribution is 5.92. The fourth-order valence-corrected chi connectivity index (χ4v) is 0.414. The number of rotatable bonds is 2. The van der Waals surface area contributed by atoms with Gasteiger partial charge in [0.25, 0.3) is 5.91 Å². The van der Waals surface area contributed by atoms with E-state index in [0.29, 0.717) is 0 Å². The lowest BCUT2D eigenvalue weighted by Gasteiger charge is -2.10. The van der Waals surface area contributed by atoms with Crippen LogP contribution in [0.25, 0.3) is 0 Å². The maximum Gasteiger partial charge on any atom is 0.410 e. The van der Waals surface area contributed by atoms with E-state index in [1.807, 2.05) is 0 Å². The molecule has 0 aliphatic heterocycles. The van der Waals surface area contributed by atoms with E-state index in [-0.39, 0.29) is 5.76 Å². The van der Waals surface area contributed by atoms with Crippen LogP contribution >= 0.6 is 0 Å². The summed E-state index contributed by atoms with van der Waals surface area (Å²) in [7, 11) is 3.02. The van der Waals surface area contributed by atoms with Gasteiger partial charge in [-0.3, -0.25) is 4.79 Å². The zero-order valence-electron chi connectivity index (χ0n) is 6.46. The Morgan fingerprint density at radius 2 is 1.91 bits per heavy atom. The molecule has 0 saturated heterocycles. The lowest BCUT2D eigenvalue weighted by Crippen LogP contribution is -2.26. The SMILES string of the molecule is C=C(OC(N)=O)C(=O)N(C)C. The summed E-state index contributed by atoms with van der Waals surface area (Å²) in [6.45, 7) is 3.20. The van der Waals surface area contributed by atoms with Crippen LogP contribution in [0, 0.1) is 0 Å². The first-order valence-electron chi connectivity index (χ1n) is 2.83. The summed E-state index contributed by atoms with van der Waals surface area (Å²) in [4.78, 5) is 22.2. The van der Waals surface area contributed by atoms with Crippen molar-refractivity contribution in [1.82, 2.24) is 4.90 Å². The third-order valence-corrected chi connectivity index (χ3v) is 0.869. The van der Waals surface area contributed by atoms with Gasteiger partial charge in [-0.1, -0.05) is 0 Å². The van der Waals surface area contributed by atoms with Gasteiger partial charge < -0.3 is 15.4 Å². The predicted octanol–water partition coefficient (Wildman–Crippen LogP) is -0.316. The minimum absolute atomic E-state index is 0.275. The molecule has 0 saturated carbocycles. The van der Waals surface area contributed by atoms with Gasteiger partial charge in [0.1, 0.15) is 0 Å². The Labute approximate surface area is 64.4 Å². The number of hydrogen-bond donors (Lipinski definition) is 1. The van der Waals surface area contributed by atoms with Crippen LogP contribution in [0.5, 0.6) is 0 Å². The molecule has 0 heterocycles. The van der Waals surface area contributed by atoms with Gasteiger partial charge in [-0.25, -0.2) is 4.79 Å². The molecule has 0 aromatic rings. The minimum atomic E-state index is -1.04. The van der Waals surface area contributed by atoms with Crippen LogP contribution in [-0.4, -0.2) is 31.0 Å². The van der Waals surface area contributed by atoms with Gasteiger partial charge >= 0.3 is 6.09 Å². The van der Waals surface area contributed by atoms with Gasteiger partial charge in [-0.2, -0.15) is 0 Å². The van der Waals surface area contributed by atoms with Gasteiger partial charge in [0.05, 0.1) is 0 Å². The number of likely N-dealkylation sites (N-methyl/N-ethyl adjacent to an activating group) is 1. The van der Waals surface area contributed by atoms with Crippen LogP contribution in [0.3, 0.4) is 0 Å². The fourth-order valence-electron chi connectivity index (χ4n) is 0.414. The monoisotopic (exact) mass is 158 g/mol. The average molecular weight is 158 g/mol. The third kappa shape index (κ3) is 3.24. The van der Waals surface area contributed by atoms with Crippen LogP contribution in [0.15, 0.2) is 12.3 Å². The summed E-state index contributed by atoms with van der Waals surface area (Å²) in [5.74, 6) is -0.758. The van der Waals surface area contributed by atoms with Crippen LogP contribution < -0.4 is 5.73 Å². The van der Waals surface area contributed by atoms with E-state index in [1.165, 1.54) is 19.0 Å². The molecule has 0 aromatic heterocycles. The molecule has 0 bridgehead atoms. The normalized spacial score (nSPS) is 8.55. The maximum absolute atomic E-state index is 10.9. The highest BCUT2D eigenvalue weighted by atomic mass is 16.6. The van der Waals surface area contributed by atoms with E-state index < -0.39 is 12.0 Å². The molecule has 0 unspecified atom stereocenters. The van der Waals surface area contributed by atoms with E-state index >= 15 is 0 Å². The summed E-state index contributed by atoms with van der Waals surface area (Å²) < 4.78 is 4.23. The molecule has 5 heteroatoms. The van der Waals surface area contributed by atoms with E-state index in [9.17, 15) is 9.59 Å². The number of amides is 2. The number of nitrogens with two attached hydrogens (primary N) is 1. The van der Waals surface area contributed by atoms with Crippen LogP contribution in [0.2, 0.25) is 0 Å². The Morgan fingerprint density at radius 3 is 2.18 bits per heavy atom. The molecule has 0 fully saturated rings. The van der Waals surface area contributed by atoms with Crippen LogP contribution in [-0.2, 0) is 9.53 Å². The average Bonchev–Trinajstić information content (AvgIpc) is 1.84. The second-order valence-electron chi connectivity index (χ2n) is 2.04. The topological polar surface area (TPSA) is 72.6 Å². The number of carbonyl (C=O) groups is 2. The zero-order chi connectivity index (χ0) is 9.02. The highest BCUT2D eigenvalue weighted by Gasteiger charge is 2.12. The molecular formula is C6H10N2O3. The Morgan fingerprint density at radius 1 is 1.45 bits per heavy atom. The Balaban J connectivity index is 4.05. The van der Waals surface area contributed by atoms with Gasteiger partial charge in [-0.05, 0) is 6.58 Å². The summed E-state index contributed by atoms with van der Waals surface area (Å²) in [5, 5.41) is 0. The standard InChI is InChI=1S/C6H10N2O3/c1-4(11-6(7)10)5(9)8(2)3/h1H2,2-3H3,(H2,7,10). The summed E-state index contributed by atoms with van der Waals surface area (Å²) in [6.07, 6.45) is -1.04. The van der Waals surface area contributed by atoms with Gasteiger partial charge in [0.15, 0.2) is 5.76 Å². The van der Waals surface area contributed by atoms with Gasteiger partial charge in [0, 0.05) is 14.1 Å². The summed E-state index contributed by atoms with van der Waals surface area (Å²) >= 11 is 0. The predicted molar refractivity (Wildman–Crippen MR) is 38.5 cm³/mol. The molecular weight excluding hydrogens is 148 g/mol. The first kappa shape index (κ1) is 9.48. The summed E-state index contributed by atoms with van der Waals surface area (Å²) in [6, 6.07) is 0. The molecule has 2 N–H and O–H groups in total. The Hall–Kier alpha value is -1.52. The second-order valence-corrected chi connectivity index (χ2v) is 2.04. The number of hydrogen-bond acceptors (Lipinski definition) is 3. The quantitative estimate of drug-likeness (QED) is 0.442. The van der Waals surface area contributed by atoms with E-state index in [1.54, 1.807) is 0 Å². The van der Waals surface area contributed by atoms with Gasteiger partial charge in [0.2, 0.25) is 0 Å². The minimum Gasteiger partial charge on any atom is -0.405 e. The van der Waals surface area contributed by atoms with E-state index in [2.05, 4.69) is 17.0 Å². The highest BCUT2D eigenvalue weighted by Crippen LogP contribution is 1.96. The van der Waals surface area contributed by atoms with Crippen molar-refractivity contribution in [1.29, 1.82) is 0 Å². The van der Waals surface area contributed by atoms with Crippen molar-refractivity contribution in [3.05, 3.63) is 12.3 Å². The molecule has 5 nitrogen and oxygen atoms in total. The summed E-state index contributed by atoms with van der Waals surface area (Å²) in [5.41, 5.74) is 4.64. The number of primary amides is 1. The van der Waals surface area contributed by atoms with Crippen molar-refractivity contribution in [2.24, 2.45) is 5.73 Å². The zero-order valence-corrected chi connectivity index (χ0v) is 6.46. The number of carbonyl (C=O) groups excluding carboxylic acids is 2. The van der Waals surface area contributed by atoms with Crippen molar-refractivity contribution < 1.29 is 14.3 Å². The molecule has 0 radical (unpaired) electrons. The van der Waals surface area contributed by atoms with Crippen molar-refractivity contribution in [2.45, 2.75) is 0 Å². The van der Waals surface area contributed by atoms with Crippen LogP contribution in [0.4, 0.5) is 4.79 Å². The molecule has 0 aliphatic rings. The van der Waals surface area contributed by atoms with Crippen molar-refractivity contribution in [2.75, 3.05) is 14.1 Å². The molecule has 0 aliphatic carbocycles. The maximum atomic E-state index is 10.9. The molecule has 2 amide bonds. The first-order valence-corrected chi connectivity index (χ1v) is 2.83. The van der Waals surface area contributed by atoms with Crippen molar-refractivity contribution in [3.63, 3.8) is 0 Å². The molecule has 0 spiro atoms. The fraction of sp³-hybridized carbons (Fsp3) is 0.333. The largest absolute Gasteiger partial charge is 0.410 e. The lowest BCUT2D eigenvalue weighted by molar-refractivity contribution is -0.127. The number of nitrogens with zero attached hydrogens (tertiary/aromatic N) is 1. The third-order valence-electron chi connectivity index (χ3n) is 0.869.